The first-order valence-corrected chi connectivity index (χ1v) is 7.56. The Bertz CT molecular complexity index is 532. The summed E-state index contributed by atoms with van der Waals surface area (Å²) < 4.78 is 5.97. The average Bonchev–Trinajstić information content (AvgIpc) is 2.80. The fourth-order valence-corrected chi connectivity index (χ4v) is 2.33. The van der Waals surface area contributed by atoms with Crippen LogP contribution in [0.5, 0.6) is 0 Å². The number of ether oxygens (including phenoxy) is 1. The standard InChI is InChI=1S/C13H20BrN5O2/c1-13(2,3)21-12(20)19-5-4-8(7-19)17-11-10(15)16-6-9(14)18-11/h6,8H,4-5,7H2,1-3H3,(H2,15,16)(H,17,18). The van der Waals surface area contributed by atoms with Crippen LogP contribution in [0.2, 0.25) is 0 Å². The Kier molecular flexibility index (Phi) is 4.55. The molecule has 3 N–H and O–H groups in total. The van der Waals surface area contributed by atoms with Gasteiger partial charge >= 0.3 is 6.09 Å². The van der Waals surface area contributed by atoms with E-state index in [9.17, 15) is 4.79 Å². The molecular formula is C13H20BrN5O2. The van der Waals surface area contributed by atoms with Crippen molar-refractivity contribution in [3.05, 3.63) is 10.8 Å². The lowest BCUT2D eigenvalue weighted by atomic mass is 10.2. The summed E-state index contributed by atoms with van der Waals surface area (Å²) in [5, 5.41) is 3.22. The number of carbonyl (C=O) groups is 1. The van der Waals surface area contributed by atoms with Crippen LogP contribution < -0.4 is 11.1 Å². The van der Waals surface area contributed by atoms with Crippen LogP contribution >= 0.6 is 15.9 Å². The topological polar surface area (TPSA) is 93.4 Å². The summed E-state index contributed by atoms with van der Waals surface area (Å²) in [6, 6.07) is 0.0865. The third-order valence-corrected chi connectivity index (χ3v) is 3.33. The van der Waals surface area contributed by atoms with Gasteiger partial charge in [-0.15, -0.1) is 0 Å². The van der Waals surface area contributed by atoms with Crippen molar-refractivity contribution in [3.8, 4) is 0 Å². The first-order chi connectivity index (χ1) is 9.74. The SMILES string of the molecule is CC(C)(C)OC(=O)N1CCC(Nc2nc(Br)cnc2N)C1. The van der Waals surface area contributed by atoms with Gasteiger partial charge in [-0.25, -0.2) is 14.8 Å². The van der Waals surface area contributed by atoms with Crippen molar-refractivity contribution in [2.75, 3.05) is 24.1 Å². The van der Waals surface area contributed by atoms with Gasteiger partial charge in [0.15, 0.2) is 11.6 Å². The molecule has 0 aliphatic carbocycles. The van der Waals surface area contributed by atoms with E-state index in [0.29, 0.717) is 29.3 Å². The summed E-state index contributed by atoms with van der Waals surface area (Å²) in [5.41, 5.74) is 5.30. The molecule has 0 bridgehead atoms. The third kappa shape index (κ3) is 4.45. The van der Waals surface area contributed by atoms with Crippen molar-refractivity contribution < 1.29 is 9.53 Å². The lowest BCUT2D eigenvalue weighted by Crippen LogP contribution is -2.36. The maximum Gasteiger partial charge on any atom is 0.410 e. The number of nitrogens with zero attached hydrogens (tertiary/aromatic N) is 3. The number of nitrogens with two attached hydrogens (primary N) is 1. The molecule has 0 radical (unpaired) electrons. The largest absolute Gasteiger partial charge is 0.444 e. The Morgan fingerprint density at radius 1 is 1.57 bits per heavy atom. The van der Waals surface area contributed by atoms with Crippen LogP contribution in [0.3, 0.4) is 0 Å². The van der Waals surface area contributed by atoms with Gasteiger partial charge in [-0.05, 0) is 43.1 Å². The van der Waals surface area contributed by atoms with Gasteiger partial charge in [0.05, 0.1) is 6.20 Å². The molecule has 21 heavy (non-hydrogen) atoms. The van der Waals surface area contributed by atoms with Crippen LogP contribution in [0.15, 0.2) is 10.8 Å². The predicted octanol–water partition coefficient (Wildman–Crippen LogP) is 2.24. The number of hydrogen-bond acceptors (Lipinski definition) is 6. The van der Waals surface area contributed by atoms with Crippen LogP contribution in [0, 0.1) is 0 Å². The Balaban J connectivity index is 1.93. The minimum absolute atomic E-state index is 0.0865. The lowest BCUT2D eigenvalue weighted by Gasteiger charge is -2.24. The normalized spacial score (nSPS) is 18.7. The molecular weight excluding hydrogens is 338 g/mol. The number of aromatic nitrogens is 2. The number of anilines is 2. The van der Waals surface area contributed by atoms with Gasteiger partial charge in [0, 0.05) is 19.1 Å². The lowest BCUT2D eigenvalue weighted by molar-refractivity contribution is 0.0293. The van der Waals surface area contributed by atoms with Crippen molar-refractivity contribution in [1.29, 1.82) is 0 Å². The monoisotopic (exact) mass is 357 g/mol. The number of likely N-dealkylation sites (tertiary alicyclic amines) is 1. The average molecular weight is 358 g/mol. The van der Waals surface area contributed by atoms with E-state index in [-0.39, 0.29) is 12.1 Å². The van der Waals surface area contributed by atoms with Crippen molar-refractivity contribution in [1.82, 2.24) is 14.9 Å². The minimum atomic E-state index is -0.483. The van der Waals surface area contributed by atoms with Gasteiger partial charge in [-0.2, -0.15) is 0 Å². The highest BCUT2D eigenvalue weighted by atomic mass is 79.9. The number of rotatable bonds is 2. The molecule has 1 aliphatic heterocycles. The maximum absolute atomic E-state index is 12.0. The zero-order chi connectivity index (χ0) is 15.6. The van der Waals surface area contributed by atoms with Crippen molar-refractivity contribution >= 4 is 33.7 Å². The highest BCUT2D eigenvalue weighted by Gasteiger charge is 2.30. The van der Waals surface area contributed by atoms with Crippen molar-refractivity contribution in [2.24, 2.45) is 0 Å². The van der Waals surface area contributed by atoms with Gasteiger partial charge in [-0.3, -0.25) is 0 Å². The Morgan fingerprint density at radius 2 is 2.29 bits per heavy atom. The fraction of sp³-hybridized carbons (Fsp3) is 0.615. The molecule has 0 saturated carbocycles. The second-order valence-corrected chi connectivity index (χ2v) is 6.80. The molecule has 1 aromatic heterocycles. The smallest absolute Gasteiger partial charge is 0.410 e. The minimum Gasteiger partial charge on any atom is -0.444 e. The second-order valence-electron chi connectivity index (χ2n) is 5.98. The second kappa shape index (κ2) is 6.05. The summed E-state index contributed by atoms with van der Waals surface area (Å²) >= 11 is 3.26. The molecule has 1 amide bonds. The van der Waals surface area contributed by atoms with Crippen LogP contribution in [0.1, 0.15) is 27.2 Å². The maximum atomic E-state index is 12.0. The first kappa shape index (κ1) is 15.8. The van der Waals surface area contributed by atoms with E-state index in [4.69, 9.17) is 10.5 Å². The number of carbonyl (C=O) groups excluding carboxylic acids is 1. The molecule has 0 aromatic carbocycles. The highest BCUT2D eigenvalue weighted by molar-refractivity contribution is 9.10. The van der Waals surface area contributed by atoms with E-state index in [1.165, 1.54) is 0 Å². The van der Waals surface area contributed by atoms with Crippen LogP contribution in [-0.2, 0) is 4.74 Å². The number of nitrogen functional groups attached to an aromatic ring is 1. The summed E-state index contributed by atoms with van der Waals surface area (Å²) in [4.78, 5) is 22.0. The van der Waals surface area contributed by atoms with Gasteiger partial charge in [0.25, 0.3) is 0 Å². The quantitative estimate of drug-likeness (QED) is 0.842. The van der Waals surface area contributed by atoms with E-state index >= 15 is 0 Å². The highest BCUT2D eigenvalue weighted by Crippen LogP contribution is 2.21. The third-order valence-electron chi connectivity index (χ3n) is 2.95. The van der Waals surface area contributed by atoms with Gasteiger partial charge in [0.2, 0.25) is 0 Å². The molecule has 8 heteroatoms. The number of nitrogens with one attached hydrogen (secondary N) is 1. The Labute approximate surface area is 132 Å². The van der Waals surface area contributed by atoms with Gasteiger partial charge in [0.1, 0.15) is 10.2 Å². The molecule has 1 atom stereocenters. The Morgan fingerprint density at radius 3 is 2.95 bits per heavy atom. The zero-order valence-corrected chi connectivity index (χ0v) is 14.0. The molecule has 1 aliphatic rings. The van der Waals surface area contributed by atoms with Crippen LogP contribution in [0.25, 0.3) is 0 Å². The summed E-state index contributed by atoms with van der Waals surface area (Å²) in [6.45, 7) is 6.77. The zero-order valence-electron chi connectivity index (χ0n) is 12.4. The van der Waals surface area contributed by atoms with Gasteiger partial charge < -0.3 is 20.7 Å². The van der Waals surface area contributed by atoms with Crippen molar-refractivity contribution in [3.63, 3.8) is 0 Å². The number of hydrogen-bond donors (Lipinski definition) is 2. The molecule has 2 heterocycles. The molecule has 7 nitrogen and oxygen atoms in total. The van der Waals surface area contributed by atoms with Crippen LogP contribution in [-0.4, -0.2) is 45.7 Å². The van der Waals surface area contributed by atoms with E-state index in [1.54, 1.807) is 11.1 Å². The number of amides is 1. The van der Waals surface area contributed by atoms with E-state index in [2.05, 4.69) is 31.2 Å². The van der Waals surface area contributed by atoms with Crippen LogP contribution in [0.4, 0.5) is 16.4 Å². The summed E-state index contributed by atoms with van der Waals surface area (Å²) in [7, 11) is 0. The van der Waals surface area contributed by atoms with E-state index < -0.39 is 5.60 Å². The molecule has 1 unspecified atom stereocenters. The molecule has 116 valence electrons. The fourth-order valence-electron chi connectivity index (χ4n) is 2.05. The molecule has 0 spiro atoms. The van der Waals surface area contributed by atoms with Gasteiger partial charge in [-0.1, -0.05) is 0 Å². The molecule has 1 aromatic rings. The van der Waals surface area contributed by atoms with E-state index in [1.807, 2.05) is 20.8 Å². The first-order valence-electron chi connectivity index (χ1n) is 6.77. The predicted molar refractivity (Wildman–Crippen MR) is 84.0 cm³/mol. The molecule has 1 saturated heterocycles. The Hall–Kier alpha value is -1.57. The van der Waals surface area contributed by atoms with E-state index in [0.717, 1.165) is 6.42 Å². The molecule has 2 rings (SSSR count). The summed E-state index contributed by atoms with van der Waals surface area (Å²) in [6.07, 6.45) is 2.06. The molecule has 1 fully saturated rings. The summed E-state index contributed by atoms with van der Waals surface area (Å²) in [5.74, 6) is 0.870. The van der Waals surface area contributed by atoms with Crippen molar-refractivity contribution in [2.45, 2.75) is 38.8 Å². The number of halogens is 1.